The van der Waals surface area contributed by atoms with Gasteiger partial charge < -0.3 is 16.0 Å². The highest BCUT2D eigenvalue weighted by Crippen LogP contribution is 2.25. The molecule has 1 saturated heterocycles. The molecule has 0 saturated carbocycles. The van der Waals surface area contributed by atoms with Gasteiger partial charge in [-0.15, -0.1) is 0 Å². The van der Waals surface area contributed by atoms with Crippen molar-refractivity contribution in [2.75, 3.05) is 18.0 Å². The van der Waals surface area contributed by atoms with E-state index in [9.17, 15) is 4.79 Å². The molecule has 1 amide bonds. The van der Waals surface area contributed by atoms with Crippen LogP contribution in [0.15, 0.2) is 18.2 Å². The van der Waals surface area contributed by atoms with Gasteiger partial charge >= 0.3 is 0 Å². The lowest BCUT2D eigenvalue weighted by molar-refractivity contribution is -0.119. The Morgan fingerprint density at radius 1 is 1.40 bits per heavy atom. The van der Waals surface area contributed by atoms with E-state index in [-0.39, 0.29) is 11.9 Å². The maximum atomic E-state index is 11.1. The minimum absolute atomic E-state index is 0.0443. The molecule has 5 heteroatoms. The molecule has 0 unspecified atom stereocenters. The van der Waals surface area contributed by atoms with Gasteiger partial charge in [-0.3, -0.25) is 4.79 Å². The summed E-state index contributed by atoms with van der Waals surface area (Å²) in [5, 5.41) is 2.99. The van der Waals surface area contributed by atoms with Gasteiger partial charge in [0.05, 0.1) is 0 Å². The Labute approximate surface area is 125 Å². The van der Waals surface area contributed by atoms with Crippen LogP contribution in [-0.2, 0) is 4.79 Å². The van der Waals surface area contributed by atoms with Crippen molar-refractivity contribution in [2.24, 2.45) is 5.73 Å². The molecule has 0 radical (unpaired) electrons. The molecular weight excluding hydrogens is 270 g/mol. The van der Waals surface area contributed by atoms with Gasteiger partial charge in [-0.05, 0) is 37.5 Å². The second-order valence-corrected chi connectivity index (χ2v) is 5.79. The highest BCUT2D eigenvalue weighted by molar-refractivity contribution is 7.80. The smallest absolute Gasteiger partial charge is 0.217 e. The molecule has 0 atom stereocenters. The lowest BCUT2D eigenvalue weighted by Gasteiger charge is -2.35. The van der Waals surface area contributed by atoms with Crippen LogP contribution in [0.5, 0.6) is 0 Å². The summed E-state index contributed by atoms with van der Waals surface area (Å²) in [5.74, 6) is 0.0443. The molecule has 0 aliphatic carbocycles. The van der Waals surface area contributed by atoms with Crippen molar-refractivity contribution in [1.29, 1.82) is 0 Å². The Kier molecular flexibility index (Phi) is 4.60. The van der Waals surface area contributed by atoms with Crippen molar-refractivity contribution in [2.45, 2.75) is 32.7 Å². The minimum atomic E-state index is 0.0443. The third kappa shape index (κ3) is 3.48. The number of amides is 1. The first-order valence-corrected chi connectivity index (χ1v) is 7.30. The topological polar surface area (TPSA) is 58.4 Å². The zero-order valence-corrected chi connectivity index (χ0v) is 12.8. The third-order valence-electron chi connectivity index (χ3n) is 3.66. The van der Waals surface area contributed by atoms with Gasteiger partial charge in [0, 0.05) is 37.3 Å². The lowest BCUT2D eigenvalue weighted by atomic mass is 10.0. The number of aryl methyl sites for hydroxylation is 1. The number of nitrogens with zero attached hydrogens (tertiary/aromatic N) is 1. The van der Waals surface area contributed by atoms with Gasteiger partial charge in [-0.1, -0.05) is 18.3 Å². The number of carbonyl (C=O) groups excluding carboxylic acids is 1. The number of rotatable bonds is 3. The van der Waals surface area contributed by atoms with Gasteiger partial charge in [-0.25, -0.2) is 0 Å². The van der Waals surface area contributed by atoms with Crippen LogP contribution in [0.3, 0.4) is 0 Å². The van der Waals surface area contributed by atoms with Crippen molar-refractivity contribution in [3.63, 3.8) is 0 Å². The van der Waals surface area contributed by atoms with Crippen LogP contribution in [0.2, 0.25) is 0 Å². The van der Waals surface area contributed by atoms with E-state index >= 15 is 0 Å². The first-order valence-electron chi connectivity index (χ1n) is 6.90. The fourth-order valence-electron chi connectivity index (χ4n) is 2.66. The number of nitrogens with two attached hydrogens (primary N) is 1. The largest absolute Gasteiger partial charge is 0.389 e. The minimum Gasteiger partial charge on any atom is -0.389 e. The summed E-state index contributed by atoms with van der Waals surface area (Å²) in [4.78, 5) is 13.8. The Balaban J connectivity index is 2.12. The van der Waals surface area contributed by atoms with Gasteiger partial charge in [0.25, 0.3) is 0 Å². The van der Waals surface area contributed by atoms with E-state index in [0.29, 0.717) is 4.99 Å². The molecule has 4 nitrogen and oxygen atoms in total. The van der Waals surface area contributed by atoms with Gasteiger partial charge in [-0.2, -0.15) is 0 Å². The first-order chi connectivity index (χ1) is 9.47. The summed E-state index contributed by atoms with van der Waals surface area (Å²) in [7, 11) is 0. The number of hydrogen-bond donors (Lipinski definition) is 2. The molecule has 1 aliphatic heterocycles. The molecule has 0 spiro atoms. The summed E-state index contributed by atoms with van der Waals surface area (Å²) < 4.78 is 0. The average molecular weight is 291 g/mol. The Morgan fingerprint density at radius 2 is 2.05 bits per heavy atom. The number of piperidine rings is 1. The predicted octanol–water partition coefficient (Wildman–Crippen LogP) is 1.73. The summed E-state index contributed by atoms with van der Waals surface area (Å²) in [6, 6.07) is 6.43. The number of benzene rings is 1. The van der Waals surface area contributed by atoms with Crippen LogP contribution in [0.4, 0.5) is 5.69 Å². The molecule has 3 N–H and O–H groups in total. The lowest BCUT2D eigenvalue weighted by Crippen LogP contribution is -2.44. The van der Waals surface area contributed by atoms with E-state index in [4.69, 9.17) is 18.0 Å². The summed E-state index contributed by atoms with van der Waals surface area (Å²) in [6.45, 7) is 5.45. The number of carbonyl (C=O) groups is 1. The molecule has 1 aromatic rings. The second kappa shape index (κ2) is 6.22. The molecule has 1 aromatic carbocycles. The molecular formula is C15H21N3OS. The van der Waals surface area contributed by atoms with Crippen LogP contribution in [0.1, 0.15) is 30.9 Å². The quantitative estimate of drug-likeness (QED) is 0.833. The zero-order valence-electron chi connectivity index (χ0n) is 12.0. The molecule has 108 valence electrons. The van der Waals surface area contributed by atoms with E-state index < -0.39 is 0 Å². The molecule has 20 heavy (non-hydrogen) atoms. The number of nitrogens with one attached hydrogen (secondary N) is 1. The maximum absolute atomic E-state index is 11.1. The maximum Gasteiger partial charge on any atom is 0.217 e. The van der Waals surface area contributed by atoms with Crippen LogP contribution in [-0.4, -0.2) is 30.0 Å². The van der Waals surface area contributed by atoms with E-state index in [1.165, 1.54) is 5.56 Å². The average Bonchev–Trinajstić information content (AvgIpc) is 2.38. The van der Waals surface area contributed by atoms with E-state index in [0.717, 1.165) is 37.2 Å². The fraction of sp³-hybridized carbons (Fsp3) is 0.467. The number of thiocarbonyl (C=S) groups is 1. The standard InChI is InChI=1S/C15H21N3OS/c1-10-3-4-13(15(16)20)14(9-10)18-7-5-12(6-8-18)17-11(2)19/h3-4,9,12H,5-8H2,1-2H3,(H2,16,20)(H,17,19). The normalized spacial score (nSPS) is 16.0. The van der Waals surface area contributed by atoms with Crippen molar-refractivity contribution in [3.8, 4) is 0 Å². The SMILES string of the molecule is CC(=O)NC1CCN(c2cc(C)ccc2C(N)=S)CC1. The van der Waals surface area contributed by atoms with Gasteiger partial charge in [0.15, 0.2) is 0 Å². The summed E-state index contributed by atoms with van der Waals surface area (Å²) >= 11 is 5.14. The van der Waals surface area contributed by atoms with Gasteiger partial charge in [0.1, 0.15) is 4.99 Å². The Bertz CT molecular complexity index is 522. The summed E-state index contributed by atoms with van der Waals surface area (Å²) in [6.07, 6.45) is 1.90. The van der Waals surface area contributed by atoms with Crippen LogP contribution in [0.25, 0.3) is 0 Å². The highest BCUT2D eigenvalue weighted by Gasteiger charge is 2.22. The van der Waals surface area contributed by atoms with E-state index in [1.807, 2.05) is 12.1 Å². The fourth-order valence-corrected chi connectivity index (χ4v) is 2.84. The summed E-state index contributed by atoms with van der Waals surface area (Å²) in [5.41, 5.74) is 9.05. The Morgan fingerprint density at radius 3 is 2.60 bits per heavy atom. The first kappa shape index (κ1) is 14.8. The molecule has 1 aliphatic rings. The van der Waals surface area contributed by atoms with Crippen LogP contribution < -0.4 is 16.0 Å². The molecule has 0 bridgehead atoms. The van der Waals surface area contributed by atoms with E-state index in [2.05, 4.69) is 23.2 Å². The predicted molar refractivity (Wildman–Crippen MR) is 86.1 cm³/mol. The van der Waals surface area contributed by atoms with Gasteiger partial charge in [0.2, 0.25) is 5.91 Å². The highest BCUT2D eigenvalue weighted by atomic mass is 32.1. The molecule has 0 aromatic heterocycles. The monoisotopic (exact) mass is 291 g/mol. The van der Waals surface area contributed by atoms with Crippen LogP contribution >= 0.6 is 12.2 Å². The van der Waals surface area contributed by atoms with Crippen molar-refractivity contribution < 1.29 is 4.79 Å². The van der Waals surface area contributed by atoms with E-state index in [1.54, 1.807) is 6.92 Å². The Hall–Kier alpha value is -1.62. The molecule has 2 rings (SSSR count). The molecule has 1 fully saturated rings. The van der Waals surface area contributed by atoms with Crippen molar-refractivity contribution in [1.82, 2.24) is 5.32 Å². The number of hydrogen-bond acceptors (Lipinski definition) is 3. The molecule has 1 heterocycles. The van der Waals surface area contributed by atoms with Crippen LogP contribution in [0, 0.1) is 6.92 Å². The zero-order chi connectivity index (χ0) is 14.7. The van der Waals surface area contributed by atoms with Crippen molar-refractivity contribution in [3.05, 3.63) is 29.3 Å². The van der Waals surface area contributed by atoms with Crippen molar-refractivity contribution >= 4 is 28.8 Å². The number of anilines is 1. The second-order valence-electron chi connectivity index (χ2n) is 5.35. The third-order valence-corrected chi connectivity index (χ3v) is 3.88.